The molecule has 0 saturated heterocycles. The number of benzene rings is 6. The van der Waals surface area contributed by atoms with Gasteiger partial charge in [-0.2, -0.15) is 0 Å². The van der Waals surface area contributed by atoms with Crippen molar-refractivity contribution in [3.05, 3.63) is 172 Å². The molecule has 0 saturated carbocycles. The molecule has 2 unspecified atom stereocenters. The van der Waals surface area contributed by atoms with Gasteiger partial charge in [0.15, 0.2) is 34.5 Å². The maximum atomic E-state index is 10.9. The van der Waals surface area contributed by atoms with E-state index in [2.05, 4.69) is 84.6 Å². The molecule has 8 nitrogen and oxygen atoms in total. The molecular formula is C50H52N2O6. The van der Waals surface area contributed by atoms with Crippen molar-refractivity contribution in [1.29, 1.82) is 0 Å². The fourth-order valence-electron chi connectivity index (χ4n) is 8.25. The molecule has 8 heteroatoms. The Hall–Kier alpha value is -5.96. The minimum absolute atomic E-state index is 0.104. The molecule has 2 aliphatic rings. The van der Waals surface area contributed by atoms with Crippen LogP contribution in [0.2, 0.25) is 0 Å². The lowest BCUT2D eigenvalue weighted by atomic mass is 9.88. The van der Waals surface area contributed by atoms with Crippen molar-refractivity contribution in [3.63, 3.8) is 0 Å². The zero-order valence-electron chi connectivity index (χ0n) is 33.8. The van der Waals surface area contributed by atoms with E-state index in [0.29, 0.717) is 24.7 Å². The molecule has 6 aromatic carbocycles. The summed E-state index contributed by atoms with van der Waals surface area (Å²) < 4.78 is 30.5. The fraction of sp³-hybridized carbons (Fsp3) is 0.280. The SMILES string of the molecule is COc1cc2c(cc1OCc1ccccc1)C(Cc1ccc(Oc3cc(CC4c5cc(OCc6ccccc6)c(OC)cc5CCN4C)ccc3O)cc1)N(C)CC2. The van der Waals surface area contributed by atoms with Crippen LogP contribution in [0.5, 0.6) is 40.2 Å². The van der Waals surface area contributed by atoms with E-state index in [0.717, 1.165) is 78.5 Å². The number of aromatic hydroxyl groups is 1. The highest BCUT2D eigenvalue weighted by atomic mass is 16.5. The summed E-state index contributed by atoms with van der Waals surface area (Å²) in [6, 6.07) is 43.2. The molecule has 0 fully saturated rings. The maximum absolute atomic E-state index is 10.9. The highest BCUT2D eigenvalue weighted by Crippen LogP contribution is 2.42. The summed E-state index contributed by atoms with van der Waals surface area (Å²) >= 11 is 0. The molecule has 2 aliphatic heterocycles. The maximum Gasteiger partial charge on any atom is 0.169 e. The van der Waals surface area contributed by atoms with Gasteiger partial charge >= 0.3 is 0 Å². The van der Waals surface area contributed by atoms with Crippen LogP contribution < -0.4 is 23.7 Å². The summed E-state index contributed by atoms with van der Waals surface area (Å²) in [5, 5.41) is 10.9. The van der Waals surface area contributed by atoms with Gasteiger partial charge in [0, 0.05) is 25.2 Å². The largest absolute Gasteiger partial charge is 0.504 e. The number of ether oxygens (including phenoxy) is 5. The Kier molecular flexibility index (Phi) is 11.9. The van der Waals surface area contributed by atoms with E-state index in [1.54, 1.807) is 20.3 Å². The Morgan fingerprint density at radius 2 is 1.00 bits per heavy atom. The van der Waals surface area contributed by atoms with Crippen LogP contribution in [0.1, 0.15) is 56.6 Å². The number of hydrogen-bond donors (Lipinski definition) is 1. The summed E-state index contributed by atoms with van der Waals surface area (Å²) in [6.07, 6.45) is 3.45. The molecule has 0 radical (unpaired) electrons. The van der Waals surface area contributed by atoms with Crippen LogP contribution in [0.15, 0.2) is 127 Å². The molecule has 2 heterocycles. The van der Waals surface area contributed by atoms with Gasteiger partial charge in [-0.05, 0) is 133 Å². The smallest absolute Gasteiger partial charge is 0.169 e. The molecule has 0 bridgehead atoms. The molecule has 0 aliphatic carbocycles. The second kappa shape index (κ2) is 17.7. The fourth-order valence-corrected chi connectivity index (χ4v) is 8.25. The van der Waals surface area contributed by atoms with Crippen LogP contribution in [0, 0.1) is 0 Å². The van der Waals surface area contributed by atoms with Crippen molar-refractivity contribution in [2.45, 2.75) is 51.0 Å². The van der Waals surface area contributed by atoms with E-state index >= 15 is 0 Å². The number of likely N-dealkylation sites (N-methyl/N-ethyl adjacent to an activating group) is 2. The molecule has 58 heavy (non-hydrogen) atoms. The van der Waals surface area contributed by atoms with Crippen LogP contribution in [-0.4, -0.2) is 56.3 Å². The van der Waals surface area contributed by atoms with Crippen molar-refractivity contribution >= 4 is 0 Å². The topological polar surface area (TPSA) is 72.9 Å². The molecule has 0 amide bonds. The van der Waals surface area contributed by atoms with Gasteiger partial charge < -0.3 is 28.8 Å². The standard InChI is InChI=1S/C50H52N2O6/c1-51-23-21-38-28-47(54-3)49(56-32-35-11-7-5-8-12-35)30-41(38)43(51)25-34-15-18-40(19-16-34)58-46-27-37(17-20-45(46)53)26-44-42-31-50(57-33-36-13-9-6-10-14-36)48(55-4)29-39(42)22-24-52(44)2/h5-20,27-31,43-44,53H,21-26,32-33H2,1-4H3. The summed E-state index contributed by atoms with van der Waals surface area (Å²) in [5.74, 6) is 4.22. The number of fused-ring (bicyclic) bond motifs is 2. The first-order valence-electron chi connectivity index (χ1n) is 20.1. The van der Waals surface area contributed by atoms with Gasteiger partial charge in [-0.3, -0.25) is 9.80 Å². The Bertz CT molecular complexity index is 2310. The molecule has 8 rings (SSSR count). The van der Waals surface area contributed by atoms with Gasteiger partial charge in [-0.1, -0.05) is 78.9 Å². The average Bonchev–Trinajstić information content (AvgIpc) is 3.26. The third-order valence-corrected chi connectivity index (χ3v) is 11.6. The van der Waals surface area contributed by atoms with Crippen molar-refractivity contribution in [3.8, 4) is 40.2 Å². The first-order chi connectivity index (χ1) is 28.3. The molecule has 1 N–H and O–H groups in total. The number of hydrogen-bond acceptors (Lipinski definition) is 8. The van der Waals surface area contributed by atoms with Crippen molar-refractivity contribution in [1.82, 2.24) is 9.80 Å². The predicted octanol–water partition coefficient (Wildman–Crippen LogP) is 9.90. The first-order valence-corrected chi connectivity index (χ1v) is 20.1. The summed E-state index contributed by atoms with van der Waals surface area (Å²) in [4.78, 5) is 4.81. The minimum Gasteiger partial charge on any atom is -0.504 e. The minimum atomic E-state index is 0.104. The lowest BCUT2D eigenvalue weighted by Crippen LogP contribution is -2.33. The van der Waals surface area contributed by atoms with Crippen molar-refractivity contribution in [2.75, 3.05) is 41.4 Å². The summed E-state index contributed by atoms with van der Waals surface area (Å²) in [5.41, 5.74) is 9.53. The Labute approximate surface area is 342 Å². The van der Waals surface area contributed by atoms with Gasteiger partial charge in [0.05, 0.1) is 14.2 Å². The van der Waals surface area contributed by atoms with Crippen molar-refractivity contribution < 1.29 is 28.8 Å². The number of phenols is 1. The molecular weight excluding hydrogens is 725 g/mol. The quantitative estimate of drug-likeness (QED) is 0.117. The van der Waals surface area contributed by atoms with Gasteiger partial charge in [-0.25, -0.2) is 0 Å². The van der Waals surface area contributed by atoms with Gasteiger partial charge in [0.1, 0.15) is 19.0 Å². The van der Waals surface area contributed by atoms with Gasteiger partial charge in [0.2, 0.25) is 0 Å². The average molecular weight is 777 g/mol. The molecule has 2 atom stereocenters. The second-order valence-corrected chi connectivity index (χ2v) is 15.4. The van der Waals surface area contributed by atoms with E-state index in [4.69, 9.17) is 23.7 Å². The van der Waals surface area contributed by atoms with Crippen LogP contribution in [0.3, 0.4) is 0 Å². The van der Waals surface area contributed by atoms with Crippen molar-refractivity contribution in [2.24, 2.45) is 0 Å². The van der Waals surface area contributed by atoms with Crippen LogP contribution >= 0.6 is 0 Å². The Balaban J connectivity index is 0.964. The van der Waals surface area contributed by atoms with E-state index in [9.17, 15) is 5.11 Å². The molecule has 0 spiro atoms. The zero-order valence-corrected chi connectivity index (χ0v) is 33.8. The van der Waals surface area contributed by atoms with E-state index in [-0.39, 0.29) is 17.8 Å². The van der Waals surface area contributed by atoms with Crippen LogP contribution in [-0.2, 0) is 38.9 Å². The normalized spacial score (nSPS) is 16.6. The summed E-state index contributed by atoms with van der Waals surface area (Å²) in [7, 11) is 7.76. The number of rotatable bonds is 14. The highest BCUT2D eigenvalue weighted by molar-refractivity contribution is 5.52. The molecule has 0 aromatic heterocycles. The highest BCUT2D eigenvalue weighted by Gasteiger charge is 2.29. The molecule has 298 valence electrons. The van der Waals surface area contributed by atoms with E-state index in [1.165, 1.54) is 27.8 Å². The monoisotopic (exact) mass is 776 g/mol. The number of methoxy groups -OCH3 is 2. The van der Waals surface area contributed by atoms with Gasteiger partial charge in [0.25, 0.3) is 0 Å². The lowest BCUT2D eigenvalue weighted by Gasteiger charge is -2.35. The Morgan fingerprint density at radius 3 is 1.50 bits per heavy atom. The van der Waals surface area contributed by atoms with Crippen LogP contribution in [0.25, 0.3) is 0 Å². The first kappa shape index (κ1) is 38.9. The summed E-state index contributed by atoms with van der Waals surface area (Å²) in [6.45, 7) is 2.83. The third kappa shape index (κ3) is 8.79. The molecule has 6 aromatic rings. The predicted molar refractivity (Wildman–Crippen MR) is 228 cm³/mol. The Morgan fingerprint density at radius 1 is 0.517 bits per heavy atom. The lowest BCUT2D eigenvalue weighted by molar-refractivity contribution is 0.226. The third-order valence-electron chi connectivity index (χ3n) is 11.6. The second-order valence-electron chi connectivity index (χ2n) is 15.4. The number of nitrogens with zero attached hydrogens (tertiary/aromatic N) is 2. The van der Waals surface area contributed by atoms with Crippen LogP contribution in [0.4, 0.5) is 0 Å². The number of phenolic OH excluding ortho intramolecular Hbond substituents is 1. The van der Waals surface area contributed by atoms with E-state index in [1.807, 2.05) is 60.7 Å². The van der Waals surface area contributed by atoms with Gasteiger partial charge in [-0.15, -0.1) is 0 Å². The van der Waals surface area contributed by atoms with E-state index < -0.39 is 0 Å². The zero-order chi connectivity index (χ0) is 40.0.